The standard InChI is InChI=1S/C21H24FN7O5/c22-18-13(12-33-21(32)27-19(23)24)2-1-3-16(18)14-10-25-20(26-11-14)29-7-4-15(5-8-29)28-34-9-6-17(30)31/h1-3,10-11H,4-9,12H2,(H,30,31)(H4,23,24,27,32). The molecule has 0 radical (unpaired) electrons. The van der Waals surface area contributed by atoms with E-state index in [9.17, 15) is 14.0 Å². The monoisotopic (exact) mass is 473 g/mol. The number of nitrogens with zero attached hydrogens (tertiary/aromatic N) is 5. The molecule has 1 aliphatic heterocycles. The first-order chi connectivity index (χ1) is 16.3. The van der Waals surface area contributed by atoms with Crippen molar-refractivity contribution in [3.8, 4) is 11.1 Å². The molecule has 1 fully saturated rings. The summed E-state index contributed by atoms with van der Waals surface area (Å²) in [6, 6.07) is 4.68. The molecule has 0 saturated carbocycles. The molecule has 34 heavy (non-hydrogen) atoms. The number of oxime groups is 1. The number of aliphatic imine (C=N–C) groups is 1. The summed E-state index contributed by atoms with van der Waals surface area (Å²) >= 11 is 0. The highest BCUT2D eigenvalue weighted by atomic mass is 19.1. The van der Waals surface area contributed by atoms with Gasteiger partial charge in [0.1, 0.15) is 19.0 Å². The van der Waals surface area contributed by atoms with Crippen LogP contribution in [0.2, 0.25) is 0 Å². The van der Waals surface area contributed by atoms with Crippen molar-refractivity contribution in [3.63, 3.8) is 0 Å². The van der Waals surface area contributed by atoms with Crippen molar-refractivity contribution in [2.24, 2.45) is 21.6 Å². The second-order valence-electron chi connectivity index (χ2n) is 7.26. The molecule has 12 nitrogen and oxygen atoms in total. The van der Waals surface area contributed by atoms with Crippen LogP contribution in [0, 0.1) is 5.82 Å². The summed E-state index contributed by atoms with van der Waals surface area (Å²) in [7, 11) is 0. The fraction of sp³-hybridized carbons (Fsp3) is 0.333. The first-order valence-corrected chi connectivity index (χ1v) is 10.3. The molecule has 5 N–H and O–H groups in total. The SMILES string of the molecule is NC(N)=NC(=O)OCc1cccc(-c2cnc(N3CCC(=NOCCC(=O)O)CC3)nc2)c1F. The molecular weight excluding hydrogens is 449 g/mol. The molecule has 0 unspecified atom stereocenters. The number of carboxylic acids is 1. The minimum atomic E-state index is -1.01. The number of rotatable bonds is 8. The Labute approximate surface area is 194 Å². The number of piperidine rings is 1. The van der Waals surface area contributed by atoms with Crippen LogP contribution in [0.25, 0.3) is 11.1 Å². The first-order valence-electron chi connectivity index (χ1n) is 10.3. The highest BCUT2D eigenvalue weighted by Gasteiger charge is 2.19. The summed E-state index contributed by atoms with van der Waals surface area (Å²) in [6.45, 7) is 0.923. The van der Waals surface area contributed by atoms with Crippen LogP contribution >= 0.6 is 0 Å². The summed E-state index contributed by atoms with van der Waals surface area (Å²) in [5.74, 6) is -1.46. The third kappa shape index (κ3) is 6.85. The number of hydrogen-bond donors (Lipinski definition) is 3. The predicted molar refractivity (Wildman–Crippen MR) is 121 cm³/mol. The van der Waals surface area contributed by atoms with E-state index >= 15 is 0 Å². The van der Waals surface area contributed by atoms with Gasteiger partial charge in [-0.25, -0.2) is 19.2 Å². The zero-order valence-corrected chi connectivity index (χ0v) is 18.2. The van der Waals surface area contributed by atoms with Crippen molar-refractivity contribution < 1.29 is 28.7 Å². The maximum Gasteiger partial charge on any atom is 0.437 e. The summed E-state index contributed by atoms with van der Waals surface area (Å²) in [5.41, 5.74) is 11.9. The van der Waals surface area contributed by atoms with Gasteiger partial charge in [0.25, 0.3) is 0 Å². The summed E-state index contributed by atoms with van der Waals surface area (Å²) in [5, 5.41) is 12.6. The average molecular weight is 473 g/mol. The van der Waals surface area contributed by atoms with Crippen LogP contribution in [-0.2, 0) is 21.0 Å². The Morgan fingerprint density at radius 3 is 2.53 bits per heavy atom. The fourth-order valence-corrected chi connectivity index (χ4v) is 3.14. The average Bonchev–Trinajstić information content (AvgIpc) is 2.81. The van der Waals surface area contributed by atoms with E-state index < -0.39 is 23.8 Å². The Hall–Kier alpha value is -4.29. The van der Waals surface area contributed by atoms with Gasteiger partial charge in [0.15, 0.2) is 5.96 Å². The zero-order chi connectivity index (χ0) is 24.5. The maximum atomic E-state index is 14.9. The van der Waals surface area contributed by atoms with E-state index in [1.807, 2.05) is 4.90 Å². The molecule has 3 rings (SSSR count). The number of ether oxygens (including phenoxy) is 1. The zero-order valence-electron chi connectivity index (χ0n) is 18.2. The van der Waals surface area contributed by atoms with E-state index in [1.165, 1.54) is 18.5 Å². The van der Waals surface area contributed by atoms with Crippen molar-refractivity contribution in [2.75, 3.05) is 24.6 Å². The van der Waals surface area contributed by atoms with Gasteiger partial charge in [0.2, 0.25) is 5.95 Å². The molecule has 0 atom stereocenters. The van der Waals surface area contributed by atoms with Crippen molar-refractivity contribution in [3.05, 3.63) is 42.0 Å². The van der Waals surface area contributed by atoms with Crippen LogP contribution in [0.4, 0.5) is 15.1 Å². The number of nitrogens with two attached hydrogens (primary N) is 2. The van der Waals surface area contributed by atoms with Crippen LogP contribution in [0.3, 0.4) is 0 Å². The van der Waals surface area contributed by atoms with Crippen molar-refractivity contribution in [2.45, 2.75) is 25.9 Å². The van der Waals surface area contributed by atoms with Crippen LogP contribution in [-0.4, -0.2) is 58.5 Å². The number of anilines is 1. The van der Waals surface area contributed by atoms with Gasteiger partial charge in [-0.2, -0.15) is 0 Å². The van der Waals surface area contributed by atoms with Gasteiger partial charge in [-0.1, -0.05) is 23.4 Å². The predicted octanol–water partition coefficient (Wildman–Crippen LogP) is 1.64. The lowest BCUT2D eigenvalue weighted by molar-refractivity contribution is -0.138. The van der Waals surface area contributed by atoms with E-state index in [4.69, 9.17) is 26.1 Å². The summed E-state index contributed by atoms with van der Waals surface area (Å²) in [4.78, 5) is 40.9. The number of benzene rings is 1. The van der Waals surface area contributed by atoms with Gasteiger partial charge in [-0.3, -0.25) is 4.79 Å². The minimum absolute atomic E-state index is 0.0313. The van der Waals surface area contributed by atoms with Gasteiger partial charge in [0.05, 0.1) is 12.1 Å². The number of aromatic nitrogens is 2. The topological polar surface area (TPSA) is 179 Å². The number of carbonyl (C=O) groups is 2. The summed E-state index contributed by atoms with van der Waals surface area (Å²) in [6.07, 6.45) is 3.19. The quantitative estimate of drug-likeness (QED) is 0.221. The maximum absolute atomic E-state index is 14.9. The van der Waals surface area contributed by atoms with Gasteiger partial charge >= 0.3 is 12.1 Å². The number of amides is 1. The lowest BCUT2D eigenvalue weighted by Gasteiger charge is -2.27. The number of guanidine groups is 1. The molecule has 1 saturated heterocycles. The molecule has 13 heteroatoms. The molecule has 1 amide bonds. The Balaban J connectivity index is 1.60. The molecule has 1 aromatic carbocycles. The van der Waals surface area contributed by atoms with Crippen LogP contribution < -0.4 is 16.4 Å². The Kier molecular flexibility index (Phi) is 8.26. The summed E-state index contributed by atoms with van der Waals surface area (Å²) < 4.78 is 19.8. The fourth-order valence-electron chi connectivity index (χ4n) is 3.14. The Morgan fingerprint density at radius 2 is 1.88 bits per heavy atom. The third-order valence-electron chi connectivity index (χ3n) is 4.82. The highest BCUT2D eigenvalue weighted by molar-refractivity contribution is 5.88. The van der Waals surface area contributed by atoms with Crippen LogP contribution in [0.5, 0.6) is 0 Å². The molecule has 1 aliphatic rings. The molecule has 180 valence electrons. The van der Waals surface area contributed by atoms with E-state index in [0.29, 0.717) is 37.4 Å². The molecule has 2 aromatic rings. The lowest BCUT2D eigenvalue weighted by atomic mass is 10.1. The normalized spacial score (nSPS) is 13.2. The van der Waals surface area contributed by atoms with Crippen molar-refractivity contribution in [1.29, 1.82) is 0 Å². The van der Waals surface area contributed by atoms with Gasteiger partial charge in [-0.05, 0) is 0 Å². The van der Waals surface area contributed by atoms with E-state index in [-0.39, 0.29) is 30.8 Å². The van der Waals surface area contributed by atoms with Crippen molar-refractivity contribution in [1.82, 2.24) is 9.97 Å². The molecule has 1 aromatic heterocycles. The molecular formula is C21H24FN7O5. The van der Waals surface area contributed by atoms with E-state index in [0.717, 1.165) is 5.71 Å². The largest absolute Gasteiger partial charge is 0.481 e. The number of carbonyl (C=O) groups excluding carboxylic acids is 1. The Bertz CT molecular complexity index is 1080. The van der Waals surface area contributed by atoms with Gasteiger partial charge in [-0.15, -0.1) is 4.99 Å². The second-order valence-corrected chi connectivity index (χ2v) is 7.26. The number of aliphatic carboxylic acids is 1. The second kappa shape index (κ2) is 11.5. The number of halogens is 1. The number of carboxylic acid groups (broad SMARTS) is 1. The minimum Gasteiger partial charge on any atom is -0.481 e. The van der Waals surface area contributed by atoms with Crippen molar-refractivity contribution >= 4 is 29.7 Å². The molecule has 0 bridgehead atoms. The third-order valence-corrected chi connectivity index (χ3v) is 4.82. The molecule has 2 heterocycles. The van der Waals surface area contributed by atoms with E-state index in [1.54, 1.807) is 12.1 Å². The van der Waals surface area contributed by atoms with E-state index in [2.05, 4.69) is 20.1 Å². The van der Waals surface area contributed by atoms with Gasteiger partial charge in [0, 0.05) is 55.0 Å². The molecule has 0 aliphatic carbocycles. The first kappa shape index (κ1) is 24.4. The lowest BCUT2D eigenvalue weighted by Crippen LogP contribution is -2.35. The van der Waals surface area contributed by atoms with Crippen LogP contribution in [0.1, 0.15) is 24.8 Å². The van der Waals surface area contributed by atoms with Crippen LogP contribution in [0.15, 0.2) is 40.7 Å². The number of hydrogen-bond acceptors (Lipinski definition) is 8. The smallest absolute Gasteiger partial charge is 0.437 e. The molecule has 0 spiro atoms. The highest BCUT2D eigenvalue weighted by Crippen LogP contribution is 2.26. The Morgan fingerprint density at radius 1 is 1.18 bits per heavy atom. The van der Waals surface area contributed by atoms with Gasteiger partial charge < -0.3 is 31.0 Å².